The van der Waals surface area contributed by atoms with Gasteiger partial charge in [0.25, 0.3) is 5.91 Å². The molecule has 0 heterocycles. The second-order valence-electron chi connectivity index (χ2n) is 5.80. The van der Waals surface area contributed by atoms with E-state index in [-0.39, 0.29) is 16.9 Å². The number of phenols is 1. The lowest BCUT2D eigenvalue weighted by atomic mass is 10.2. The maximum atomic E-state index is 12.2. The Bertz CT molecular complexity index is 1100. The summed E-state index contributed by atoms with van der Waals surface area (Å²) >= 11 is 9.24. The third-order valence-corrected chi connectivity index (χ3v) is 4.57. The number of amides is 1. The van der Waals surface area contributed by atoms with Crippen LogP contribution in [0.2, 0.25) is 5.02 Å². The zero-order chi connectivity index (χ0) is 20.8. The molecule has 0 fully saturated rings. The lowest BCUT2D eigenvalue weighted by Crippen LogP contribution is -2.17. The minimum Gasteiger partial charge on any atom is -0.507 e. The van der Waals surface area contributed by atoms with E-state index < -0.39 is 11.9 Å². The number of carbonyl (C=O) groups is 2. The van der Waals surface area contributed by atoms with Gasteiger partial charge in [0.15, 0.2) is 0 Å². The van der Waals surface area contributed by atoms with E-state index in [0.717, 1.165) is 0 Å². The molecule has 0 atom stereocenters. The fourth-order valence-corrected chi connectivity index (χ4v) is 2.94. The molecule has 3 rings (SSSR count). The van der Waals surface area contributed by atoms with E-state index in [1.807, 2.05) is 0 Å². The van der Waals surface area contributed by atoms with Crippen molar-refractivity contribution in [2.45, 2.75) is 0 Å². The molecule has 3 aromatic rings. The molecule has 8 heteroatoms. The number of halogens is 2. The number of carbonyl (C=O) groups excluding carboxylic acids is 2. The van der Waals surface area contributed by atoms with Crippen molar-refractivity contribution in [3.63, 3.8) is 0 Å². The van der Waals surface area contributed by atoms with Gasteiger partial charge in [0.2, 0.25) is 0 Å². The predicted molar refractivity (Wildman–Crippen MR) is 114 cm³/mol. The van der Waals surface area contributed by atoms with Gasteiger partial charge in [-0.05, 0) is 48.0 Å². The molecule has 0 aromatic heterocycles. The summed E-state index contributed by atoms with van der Waals surface area (Å²) in [5.41, 5.74) is 3.27. The average Bonchev–Trinajstić information content (AvgIpc) is 2.70. The Labute approximate surface area is 179 Å². The Morgan fingerprint density at radius 2 is 1.83 bits per heavy atom. The van der Waals surface area contributed by atoms with Crippen LogP contribution in [0.4, 0.5) is 0 Å². The second-order valence-corrected chi connectivity index (χ2v) is 7.13. The first-order valence-electron chi connectivity index (χ1n) is 8.33. The maximum absolute atomic E-state index is 12.2. The van der Waals surface area contributed by atoms with Gasteiger partial charge in [-0.1, -0.05) is 51.8 Å². The number of hydrogen-bond donors (Lipinski definition) is 2. The van der Waals surface area contributed by atoms with Crippen LogP contribution in [-0.2, 0) is 0 Å². The highest BCUT2D eigenvalue weighted by Crippen LogP contribution is 2.22. The molecule has 29 heavy (non-hydrogen) atoms. The van der Waals surface area contributed by atoms with Gasteiger partial charge in [0, 0.05) is 4.47 Å². The summed E-state index contributed by atoms with van der Waals surface area (Å²) in [5, 5.41) is 13.9. The summed E-state index contributed by atoms with van der Waals surface area (Å²) in [7, 11) is 0. The third kappa shape index (κ3) is 5.43. The summed E-state index contributed by atoms with van der Waals surface area (Å²) in [6, 6.07) is 17.7. The Morgan fingerprint density at radius 1 is 1.03 bits per heavy atom. The van der Waals surface area contributed by atoms with Gasteiger partial charge in [0.05, 0.1) is 22.4 Å². The number of nitrogens with one attached hydrogen (secondary N) is 1. The lowest BCUT2D eigenvalue weighted by Gasteiger charge is -2.06. The van der Waals surface area contributed by atoms with Crippen LogP contribution in [0.15, 0.2) is 76.3 Å². The van der Waals surface area contributed by atoms with Crippen LogP contribution in [0.3, 0.4) is 0 Å². The van der Waals surface area contributed by atoms with Crippen LogP contribution in [0.5, 0.6) is 11.5 Å². The van der Waals surface area contributed by atoms with E-state index in [0.29, 0.717) is 20.8 Å². The zero-order valence-corrected chi connectivity index (χ0v) is 17.1. The molecule has 0 radical (unpaired) electrons. The smallest absolute Gasteiger partial charge is 0.345 e. The summed E-state index contributed by atoms with van der Waals surface area (Å²) in [4.78, 5) is 24.4. The summed E-state index contributed by atoms with van der Waals surface area (Å²) in [6.45, 7) is 0. The van der Waals surface area contributed by atoms with E-state index in [1.54, 1.807) is 54.6 Å². The molecule has 0 bridgehead atoms. The number of esters is 1. The molecule has 0 saturated heterocycles. The summed E-state index contributed by atoms with van der Waals surface area (Å²) < 4.78 is 5.99. The van der Waals surface area contributed by atoms with Gasteiger partial charge in [-0.3, -0.25) is 4.79 Å². The zero-order valence-electron chi connectivity index (χ0n) is 14.8. The third-order valence-electron chi connectivity index (χ3n) is 3.75. The molecule has 0 aliphatic heterocycles. The number of benzene rings is 3. The highest BCUT2D eigenvalue weighted by atomic mass is 79.9. The average molecular weight is 474 g/mol. The van der Waals surface area contributed by atoms with Crippen LogP contribution in [0, 0.1) is 0 Å². The SMILES string of the molecule is O=C(N/N=C/c1cccc(OC(=O)c2ccccc2Cl)c1)c1cc(Br)ccc1O. The van der Waals surface area contributed by atoms with Crippen LogP contribution >= 0.6 is 27.5 Å². The Balaban J connectivity index is 1.66. The number of rotatable bonds is 5. The monoisotopic (exact) mass is 472 g/mol. The highest BCUT2D eigenvalue weighted by Gasteiger charge is 2.13. The first-order chi connectivity index (χ1) is 13.9. The molecule has 6 nitrogen and oxygen atoms in total. The number of ether oxygens (including phenoxy) is 1. The van der Waals surface area contributed by atoms with Crippen molar-refractivity contribution in [1.29, 1.82) is 0 Å². The molecular formula is C21H14BrClN2O4. The minimum atomic E-state index is -0.580. The number of hydrazone groups is 1. The van der Waals surface area contributed by atoms with Gasteiger partial charge in [-0.25, -0.2) is 10.2 Å². The Hall–Kier alpha value is -3.16. The van der Waals surface area contributed by atoms with E-state index in [2.05, 4.69) is 26.5 Å². The largest absolute Gasteiger partial charge is 0.507 e. The van der Waals surface area contributed by atoms with Crippen LogP contribution in [-0.4, -0.2) is 23.2 Å². The lowest BCUT2D eigenvalue weighted by molar-refractivity contribution is 0.0734. The highest BCUT2D eigenvalue weighted by molar-refractivity contribution is 9.10. The van der Waals surface area contributed by atoms with Gasteiger partial charge in [-0.15, -0.1) is 0 Å². The van der Waals surface area contributed by atoms with Crippen LogP contribution in [0.25, 0.3) is 0 Å². The standard InChI is InChI=1S/C21H14BrClN2O4/c22-14-8-9-19(26)17(11-14)20(27)25-24-12-13-4-3-5-15(10-13)29-21(28)16-6-1-2-7-18(16)23/h1-12,26H,(H,25,27)/b24-12+. The van der Waals surface area contributed by atoms with E-state index in [1.165, 1.54) is 18.3 Å². The molecule has 0 saturated carbocycles. The normalized spacial score (nSPS) is 10.7. The first kappa shape index (κ1) is 20.6. The van der Waals surface area contributed by atoms with E-state index >= 15 is 0 Å². The van der Waals surface area contributed by atoms with Crippen molar-refractivity contribution < 1.29 is 19.4 Å². The van der Waals surface area contributed by atoms with Gasteiger partial charge >= 0.3 is 5.97 Å². The fraction of sp³-hybridized carbons (Fsp3) is 0. The van der Waals surface area contributed by atoms with Crippen molar-refractivity contribution in [2.24, 2.45) is 5.10 Å². The predicted octanol–water partition coefficient (Wildman–Crippen LogP) is 4.79. The molecule has 1 amide bonds. The van der Waals surface area contributed by atoms with Crippen LogP contribution in [0.1, 0.15) is 26.3 Å². The van der Waals surface area contributed by atoms with Gasteiger partial charge in [-0.2, -0.15) is 5.10 Å². The summed E-state index contributed by atoms with van der Waals surface area (Å²) in [6.07, 6.45) is 1.39. The topological polar surface area (TPSA) is 88.0 Å². The molecule has 0 spiro atoms. The molecule has 2 N–H and O–H groups in total. The molecular weight excluding hydrogens is 460 g/mol. The second kappa shape index (κ2) is 9.36. The fourth-order valence-electron chi connectivity index (χ4n) is 2.36. The molecule has 0 unspecified atom stereocenters. The minimum absolute atomic E-state index is 0.0824. The van der Waals surface area contributed by atoms with Crippen molar-refractivity contribution in [3.8, 4) is 11.5 Å². The number of aromatic hydroxyl groups is 1. The van der Waals surface area contributed by atoms with E-state index in [9.17, 15) is 14.7 Å². The molecule has 0 aliphatic carbocycles. The van der Waals surface area contributed by atoms with Gasteiger partial charge < -0.3 is 9.84 Å². The molecule has 3 aromatic carbocycles. The molecule has 0 aliphatic rings. The van der Waals surface area contributed by atoms with E-state index in [4.69, 9.17) is 16.3 Å². The molecule has 146 valence electrons. The number of phenolic OH excluding ortho intramolecular Hbond substituents is 1. The maximum Gasteiger partial charge on any atom is 0.345 e. The summed E-state index contributed by atoms with van der Waals surface area (Å²) in [5.74, 6) is -1.01. The van der Waals surface area contributed by atoms with Crippen molar-refractivity contribution in [1.82, 2.24) is 5.43 Å². The van der Waals surface area contributed by atoms with Gasteiger partial charge in [0.1, 0.15) is 11.5 Å². The quantitative estimate of drug-likeness (QED) is 0.241. The van der Waals surface area contributed by atoms with Crippen molar-refractivity contribution >= 4 is 45.6 Å². The first-order valence-corrected chi connectivity index (χ1v) is 9.50. The Morgan fingerprint density at radius 3 is 2.62 bits per heavy atom. The number of nitrogens with zero attached hydrogens (tertiary/aromatic N) is 1. The van der Waals surface area contributed by atoms with Crippen molar-refractivity contribution in [2.75, 3.05) is 0 Å². The Kier molecular flexibility index (Phi) is 6.64. The van der Waals surface area contributed by atoms with Crippen LogP contribution < -0.4 is 10.2 Å². The van der Waals surface area contributed by atoms with Crippen molar-refractivity contribution in [3.05, 3.63) is 92.9 Å². The number of hydrogen-bond acceptors (Lipinski definition) is 5.